The largest absolute Gasteiger partial charge is 0.355 e. The second kappa shape index (κ2) is 8.68. The highest BCUT2D eigenvalue weighted by Crippen LogP contribution is 1.96. The van der Waals surface area contributed by atoms with Gasteiger partial charge in [-0.1, -0.05) is 13.8 Å². The summed E-state index contributed by atoms with van der Waals surface area (Å²) in [5, 5.41) is 6.04. The van der Waals surface area contributed by atoms with E-state index in [0.717, 1.165) is 25.9 Å². The Labute approximate surface area is 93.0 Å². The molecule has 4 heteroatoms. The minimum Gasteiger partial charge on any atom is -0.355 e. The van der Waals surface area contributed by atoms with Crippen molar-refractivity contribution in [1.29, 1.82) is 0 Å². The SMILES string of the molecule is CC(C)CCNC(=O)C(C)NCCCN. The first-order chi connectivity index (χ1) is 7.07. The Morgan fingerprint density at radius 2 is 1.93 bits per heavy atom. The van der Waals surface area contributed by atoms with Crippen molar-refractivity contribution in [2.75, 3.05) is 19.6 Å². The molecule has 0 fully saturated rings. The quantitative estimate of drug-likeness (QED) is 0.516. The second-order valence-corrected chi connectivity index (χ2v) is 4.29. The van der Waals surface area contributed by atoms with E-state index in [0.29, 0.717) is 12.5 Å². The summed E-state index contributed by atoms with van der Waals surface area (Å²) in [6.07, 6.45) is 1.94. The minimum atomic E-state index is -0.122. The highest BCUT2D eigenvalue weighted by molar-refractivity contribution is 5.81. The van der Waals surface area contributed by atoms with E-state index in [9.17, 15) is 4.79 Å². The zero-order valence-corrected chi connectivity index (χ0v) is 10.2. The number of nitrogens with two attached hydrogens (primary N) is 1. The van der Waals surface area contributed by atoms with Gasteiger partial charge in [-0.05, 0) is 38.8 Å². The molecule has 0 aromatic heterocycles. The van der Waals surface area contributed by atoms with Crippen LogP contribution in [0.2, 0.25) is 0 Å². The number of carbonyl (C=O) groups excluding carboxylic acids is 1. The smallest absolute Gasteiger partial charge is 0.236 e. The van der Waals surface area contributed by atoms with Crippen molar-refractivity contribution in [3.05, 3.63) is 0 Å². The molecule has 0 saturated carbocycles. The maximum absolute atomic E-state index is 11.5. The maximum atomic E-state index is 11.5. The zero-order valence-electron chi connectivity index (χ0n) is 10.2. The van der Waals surface area contributed by atoms with Gasteiger partial charge >= 0.3 is 0 Å². The van der Waals surface area contributed by atoms with Gasteiger partial charge in [-0.15, -0.1) is 0 Å². The Balaban J connectivity index is 3.51. The number of hydrogen-bond donors (Lipinski definition) is 3. The van der Waals surface area contributed by atoms with Crippen LogP contribution in [0.5, 0.6) is 0 Å². The van der Waals surface area contributed by atoms with Gasteiger partial charge in [-0.25, -0.2) is 0 Å². The van der Waals surface area contributed by atoms with Gasteiger partial charge in [-0.2, -0.15) is 0 Å². The maximum Gasteiger partial charge on any atom is 0.236 e. The lowest BCUT2D eigenvalue weighted by Crippen LogP contribution is -2.43. The highest BCUT2D eigenvalue weighted by Gasteiger charge is 2.10. The third kappa shape index (κ3) is 8.39. The topological polar surface area (TPSA) is 67.2 Å². The molecule has 1 amide bonds. The summed E-state index contributed by atoms with van der Waals surface area (Å²) in [6.45, 7) is 8.40. The molecule has 0 heterocycles. The van der Waals surface area contributed by atoms with Crippen molar-refractivity contribution in [2.24, 2.45) is 11.7 Å². The molecule has 0 aliphatic carbocycles. The fourth-order valence-electron chi connectivity index (χ4n) is 1.15. The van der Waals surface area contributed by atoms with Crippen molar-refractivity contribution in [1.82, 2.24) is 10.6 Å². The van der Waals surface area contributed by atoms with Crippen LogP contribution in [0.1, 0.15) is 33.6 Å². The summed E-state index contributed by atoms with van der Waals surface area (Å²) in [5.41, 5.74) is 5.36. The molecule has 0 aliphatic rings. The lowest BCUT2D eigenvalue weighted by molar-refractivity contribution is -0.122. The molecule has 0 aromatic rings. The normalized spacial score (nSPS) is 12.9. The van der Waals surface area contributed by atoms with E-state index in [1.54, 1.807) is 0 Å². The van der Waals surface area contributed by atoms with E-state index in [4.69, 9.17) is 5.73 Å². The first-order valence-electron chi connectivity index (χ1n) is 5.79. The van der Waals surface area contributed by atoms with Gasteiger partial charge in [0, 0.05) is 6.54 Å². The average molecular weight is 215 g/mol. The van der Waals surface area contributed by atoms with Crippen molar-refractivity contribution in [3.8, 4) is 0 Å². The van der Waals surface area contributed by atoms with Gasteiger partial charge < -0.3 is 16.4 Å². The Bertz CT molecular complexity index is 171. The van der Waals surface area contributed by atoms with E-state index in [-0.39, 0.29) is 11.9 Å². The molecule has 4 nitrogen and oxygen atoms in total. The molecule has 4 N–H and O–H groups in total. The summed E-state index contributed by atoms with van der Waals surface area (Å²) in [5.74, 6) is 0.707. The summed E-state index contributed by atoms with van der Waals surface area (Å²) in [7, 11) is 0. The molecule has 0 bridgehead atoms. The van der Waals surface area contributed by atoms with Crippen LogP contribution < -0.4 is 16.4 Å². The van der Waals surface area contributed by atoms with E-state index in [2.05, 4.69) is 24.5 Å². The van der Waals surface area contributed by atoms with Gasteiger partial charge in [0.25, 0.3) is 0 Å². The molecule has 0 aliphatic heterocycles. The Kier molecular flexibility index (Phi) is 8.33. The molecule has 15 heavy (non-hydrogen) atoms. The van der Waals surface area contributed by atoms with Crippen LogP contribution >= 0.6 is 0 Å². The number of amides is 1. The van der Waals surface area contributed by atoms with Crippen molar-refractivity contribution in [2.45, 2.75) is 39.7 Å². The fraction of sp³-hybridized carbons (Fsp3) is 0.909. The van der Waals surface area contributed by atoms with Gasteiger partial charge in [0.15, 0.2) is 0 Å². The Hall–Kier alpha value is -0.610. The van der Waals surface area contributed by atoms with Crippen molar-refractivity contribution in [3.63, 3.8) is 0 Å². The summed E-state index contributed by atoms with van der Waals surface area (Å²) < 4.78 is 0. The number of hydrogen-bond acceptors (Lipinski definition) is 3. The zero-order chi connectivity index (χ0) is 11.7. The van der Waals surface area contributed by atoms with Crippen LogP contribution in [0.15, 0.2) is 0 Å². The van der Waals surface area contributed by atoms with Crippen LogP contribution in [0, 0.1) is 5.92 Å². The molecular formula is C11H25N3O. The standard InChI is InChI=1S/C11H25N3O/c1-9(2)5-8-14-11(15)10(3)13-7-4-6-12/h9-10,13H,4-8,12H2,1-3H3,(H,14,15). The molecule has 1 unspecified atom stereocenters. The predicted octanol–water partition coefficient (Wildman–Crippen LogP) is 0.476. The van der Waals surface area contributed by atoms with Crippen molar-refractivity contribution >= 4 is 5.91 Å². The second-order valence-electron chi connectivity index (χ2n) is 4.29. The predicted molar refractivity (Wildman–Crippen MR) is 63.6 cm³/mol. The number of nitrogens with one attached hydrogen (secondary N) is 2. The van der Waals surface area contributed by atoms with Gasteiger partial charge in [0.05, 0.1) is 6.04 Å². The molecule has 1 atom stereocenters. The Morgan fingerprint density at radius 1 is 1.27 bits per heavy atom. The van der Waals surface area contributed by atoms with Gasteiger partial charge in [0.2, 0.25) is 5.91 Å². The van der Waals surface area contributed by atoms with E-state index in [1.807, 2.05) is 6.92 Å². The lowest BCUT2D eigenvalue weighted by atomic mass is 10.1. The highest BCUT2D eigenvalue weighted by atomic mass is 16.2. The van der Waals surface area contributed by atoms with Crippen LogP contribution in [0.25, 0.3) is 0 Å². The van der Waals surface area contributed by atoms with E-state index in [1.165, 1.54) is 0 Å². The monoisotopic (exact) mass is 215 g/mol. The third-order valence-corrected chi connectivity index (χ3v) is 2.25. The Morgan fingerprint density at radius 3 is 2.47 bits per heavy atom. The van der Waals surface area contributed by atoms with Crippen LogP contribution in [-0.2, 0) is 4.79 Å². The lowest BCUT2D eigenvalue weighted by Gasteiger charge is -2.14. The van der Waals surface area contributed by atoms with E-state index < -0.39 is 0 Å². The van der Waals surface area contributed by atoms with E-state index >= 15 is 0 Å². The van der Waals surface area contributed by atoms with Crippen molar-refractivity contribution < 1.29 is 4.79 Å². The van der Waals surface area contributed by atoms with Gasteiger partial charge in [0.1, 0.15) is 0 Å². The summed E-state index contributed by atoms with van der Waals surface area (Å²) in [6, 6.07) is -0.122. The first kappa shape index (κ1) is 14.4. The number of rotatable bonds is 8. The molecule has 0 radical (unpaired) electrons. The molecule has 0 spiro atoms. The molecular weight excluding hydrogens is 190 g/mol. The summed E-state index contributed by atoms with van der Waals surface area (Å²) in [4.78, 5) is 11.5. The molecule has 90 valence electrons. The first-order valence-corrected chi connectivity index (χ1v) is 5.79. The summed E-state index contributed by atoms with van der Waals surface area (Å²) >= 11 is 0. The van der Waals surface area contributed by atoms with Crippen LogP contribution in [-0.4, -0.2) is 31.6 Å². The fourth-order valence-corrected chi connectivity index (χ4v) is 1.15. The molecule has 0 saturated heterocycles. The number of carbonyl (C=O) groups is 1. The minimum absolute atomic E-state index is 0.0765. The molecule has 0 aromatic carbocycles. The molecule has 0 rings (SSSR count). The van der Waals surface area contributed by atoms with Crippen LogP contribution in [0.3, 0.4) is 0 Å². The third-order valence-electron chi connectivity index (χ3n) is 2.25. The average Bonchev–Trinajstić information content (AvgIpc) is 2.17. The van der Waals surface area contributed by atoms with Gasteiger partial charge in [-0.3, -0.25) is 4.79 Å². The van der Waals surface area contributed by atoms with Crippen LogP contribution in [0.4, 0.5) is 0 Å².